The summed E-state index contributed by atoms with van der Waals surface area (Å²) in [5, 5.41) is 2.63. The number of ether oxygens (including phenoxy) is 1. The average Bonchev–Trinajstić information content (AvgIpc) is 2.91. The van der Waals surface area contributed by atoms with Crippen LogP contribution in [0.5, 0.6) is 0 Å². The fraction of sp³-hybridized carbons (Fsp3) is 0.571. The van der Waals surface area contributed by atoms with E-state index in [1.54, 1.807) is 6.92 Å². The summed E-state index contributed by atoms with van der Waals surface area (Å²) in [7, 11) is 0. The zero-order valence-electron chi connectivity index (χ0n) is 12.4. The van der Waals surface area contributed by atoms with Gasteiger partial charge in [-0.25, -0.2) is 0 Å². The van der Waals surface area contributed by atoms with Gasteiger partial charge in [0.25, 0.3) is 11.7 Å². The van der Waals surface area contributed by atoms with Crippen LogP contribution in [0.15, 0.2) is 16.5 Å². The lowest BCUT2D eigenvalue weighted by molar-refractivity contribution is -0.144. The first-order valence-corrected chi connectivity index (χ1v) is 7.89. The smallest absolute Gasteiger partial charge is 0.306 e. The Morgan fingerprint density at radius 1 is 1.41 bits per heavy atom. The third-order valence-electron chi connectivity index (χ3n) is 2.67. The molecule has 0 aliphatic heterocycles. The van der Waals surface area contributed by atoms with Gasteiger partial charge in [-0.05, 0) is 25.0 Å². The van der Waals surface area contributed by atoms with E-state index < -0.39 is 11.7 Å². The molecule has 0 saturated heterocycles. The summed E-state index contributed by atoms with van der Waals surface area (Å²) >= 11 is 0.429. The lowest BCUT2D eigenvalue weighted by Gasteiger charge is -2.11. The van der Waals surface area contributed by atoms with Crippen LogP contribution in [0.3, 0.4) is 0 Å². The molecule has 1 amide bonds. The van der Waals surface area contributed by atoms with Crippen molar-refractivity contribution in [1.82, 2.24) is 5.32 Å². The predicted molar refractivity (Wildman–Crippen MR) is 78.8 cm³/mol. The second kappa shape index (κ2) is 9.45. The highest BCUT2D eigenvalue weighted by molar-refractivity contribution is 7.98. The largest absolute Gasteiger partial charge is 0.466 e. The number of hydrogen-bond donors (Lipinski definition) is 1. The quantitative estimate of drug-likeness (QED) is 0.703. The first kappa shape index (κ1) is 18.5. The van der Waals surface area contributed by atoms with Crippen LogP contribution in [0.25, 0.3) is 0 Å². The number of carbonyl (C=O) groups is 2. The van der Waals surface area contributed by atoms with Crippen molar-refractivity contribution in [2.24, 2.45) is 5.92 Å². The molecule has 0 radical (unpaired) electrons. The van der Waals surface area contributed by atoms with Crippen molar-refractivity contribution in [3.8, 4) is 0 Å². The van der Waals surface area contributed by atoms with Gasteiger partial charge in [-0.3, -0.25) is 9.59 Å². The van der Waals surface area contributed by atoms with Crippen molar-refractivity contribution in [3.05, 3.63) is 23.7 Å². The minimum absolute atomic E-state index is 0.00417. The SMILES string of the molecule is CCOC(=O)C[C@H](C)CNC(=O)c1ccc(CSC(F)F)o1. The third kappa shape index (κ3) is 6.93. The van der Waals surface area contributed by atoms with E-state index in [-0.39, 0.29) is 29.8 Å². The molecule has 1 heterocycles. The van der Waals surface area contributed by atoms with E-state index in [9.17, 15) is 18.4 Å². The molecule has 0 fully saturated rings. The van der Waals surface area contributed by atoms with Crippen molar-refractivity contribution in [1.29, 1.82) is 0 Å². The molecule has 0 unspecified atom stereocenters. The Morgan fingerprint density at radius 3 is 2.77 bits per heavy atom. The van der Waals surface area contributed by atoms with Crippen molar-refractivity contribution >= 4 is 23.6 Å². The van der Waals surface area contributed by atoms with Crippen molar-refractivity contribution in [3.63, 3.8) is 0 Å². The van der Waals surface area contributed by atoms with E-state index in [2.05, 4.69) is 5.32 Å². The Bertz CT molecular complexity index is 493. The number of amides is 1. The maximum absolute atomic E-state index is 12.1. The monoisotopic (exact) mass is 335 g/mol. The highest BCUT2D eigenvalue weighted by Crippen LogP contribution is 2.21. The number of halogens is 2. The van der Waals surface area contributed by atoms with Gasteiger partial charge in [0.15, 0.2) is 5.76 Å². The number of rotatable bonds is 9. The molecular weight excluding hydrogens is 316 g/mol. The minimum Gasteiger partial charge on any atom is -0.466 e. The van der Waals surface area contributed by atoms with E-state index >= 15 is 0 Å². The zero-order valence-corrected chi connectivity index (χ0v) is 13.3. The van der Waals surface area contributed by atoms with E-state index in [0.29, 0.717) is 30.7 Å². The summed E-state index contributed by atoms with van der Waals surface area (Å²) in [6.07, 6.45) is 0.211. The fourth-order valence-electron chi connectivity index (χ4n) is 1.65. The maximum Gasteiger partial charge on any atom is 0.306 e. The highest BCUT2D eigenvalue weighted by Gasteiger charge is 2.15. The second-order valence-electron chi connectivity index (χ2n) is 4.66. The molecule has 0 spiro atoms. The summed E-state index contributed by atoms with van der Waals surface area (Å²) in [5.41, 5.74) is 0. The zero-order chi connectivity index (χ0) is 16.5. The molecule has 5 nitrogen and oxygen atoms in total. The van der Waals surface area contributed by atoms with Gasteiger partial charge in [-0.15, -0.1) is 0 Å². The van der Waals surface area contributed by atoms with Crippen LogP contribution in [0.2, 0.25) is 0 Å². The van der Waals surface area contributed by atoms with Gasteiger partial charge in [0, 0.05) is 13.0 Å². The van der Waals surface area contributed by atoms with Crippen molar-refractivity contribution in [2.75, 3.05) is 13.2 Å². The minimum atomic E-state index is -2.48. The normalized spacial score (nSPS) is 12.2. The van der Waals surface area contributed by atoms with Crippen LogP contribution < -0.4 is 5.32 Å². The Labute approximate surface area is 131 Å². The molecule has 1 N–H and O–H groups in total. The first-order valence-electron chi connectivity index (χ1n) is 6.84. The molecule has 0 saturated carbocycles. The van der Waals surface area contributed by atoms with Gasteiger partial charge in [0.2, 0.25) is 0 Å². The molecular formula is C14H19F2NO4S. The summed E-state index contributed by atoms with van der Waals surface area (Å²) in [5.74, 6) is -2.93. The molecule has 1 aromatic heterocycles. The van der Waals surface area contributed by atoms with E-state index in [0.717, 1.165) is 0 Å². The Morgan fingerprint density at radius 2 is 2.14 bits per heavy atom. The van der Waals surface area contributed by atoms with Crippen LogP contribution in [-0.2, 0) is 15.3 Å². The molecule has 22 heavy (non-hydrogen) atoms. The van der Waals surface area contributed by atoms with E-state index in [1.807, 2.05) is 6.92 Å². The van der Waals surface area contributed by atoms with Gasteiger partial charge in [0.05, 0.1) is 12.4 Å². The summed E-state index contributed by atoms with van der Waals surface area (Å²) < 4.78 is 34.1. The molecule has 1 rings (SSSR count). The Balaban J connectivity index is 2.37. The highest BCUT2D eigenvalue weighted by atomic mass is 32.2. The van der Waals surface area contributed by atoms with Crippen LogP contribution in [0, 0.1) is 5.92 Å². The van der Waals surface area contributed by atoms with Crippen molar-refractivity contribution in [2.45, 2.75) is 31.8 Å². The standard InChI is InChI=1S/C14H19F2NO4S/c1-3-20-12(18)6-9(2)7-17-13(19)11-5-4-10(21-11)8-22-14(15)16/h4-5,9,14H,3,6-8H2,1-2H3,(H,17,19)/t9-/m0/s1. The van der Waals surface area contributed by atoms with Gasteiger partial charge in [-0.2, -0.15) is 8.78 Å². The molecule has 1 aromatic rings. The Kier molecular flexibility index (Phi) is 7.94. The van der Waals surface area contributed by atoms with Crippen LogP contribution in [-0.4, -0.2) is 30.8 Å². The van der Waals surface area contributed by atoms with Gasteiger partial charge < -0.3 is 14.5 Å². The van der Waals surface area contributed by atoms with Gasteiger partial charge in [-0.1, -0.05) is 18.7 Å². The van der Waals surface area contributed by atoms with E-state index in [1.165, 1.54) is 12.1 Å². The first-order chi connectivity index (χ1) is 10.4. The van der Waals surface area contributed by atoms with Gasteiger partial charge in [0.1, 0.15) is 5.76 Å². The summed E-state index contributed by atoms with van der Waals surface area (Å²) in [6.45, 7) is 4.15. The van der Waals surface area contributed by atoms with Crippen LogP contribution in [0.4, 0.5) is 8.78 Å². The molecule has 0 bridgehead atoms. The average molecular weight is 335 g/mol. The third-order valence-corrected chi connectivity index (χ3v) is 3.37. The number of hydrogen-bond acceptors (Lipinski definition) is 5. The van der Waals surface area contributed by atoms with Crippen molar-refractivity contribution < 1.29 is 27.5 Å². The summed E-state index contributed by atoms with van der Waals surface area (Å²) in [6, 6.07) is 2.93. The van der Waals surface area contributed by atoms with Gasteiger partial charge >= 0.3 is 5.97 Å². The lowest BCUT2D eigenvalue weighted by atomic mass is 10.1. The van der Waals surface area contributed by atoms with Crippen LogP contribution in [0.1, 0.15) is 36.6 Å². The number of thioether (sulfide) groups is 1. The maximum atomic E-state index is 12.1. The van der Waals surface area contributed by atoms with E-state index in [4.69, 9.17) is 9.15 Å². The molecule has 8 heteroatoms. The number of esters is 1. The second-order valence-corrected chi connectivity index (χ2v) is 5.64. The summed E-state index contributed by atoms with van der Waals surface area (Å²) in [4.78, 5) is 23.1. The number of carbonyl (C=O) groups excluding carboxylic acids is 2. The molecule has 0 aliphatic carbocycles. The topological polar surface area (TPSA) is 68.5 Å². The molecule has 0 aromatic carbocycles. The predicted octanol–water partition coefficient (Wildman–Crippen LogP) is 3.05. The molecule has 124 valence electrons. The number of furan rings is 1. The van der Waals surface area contributed by atoms with Crippen LogP contribution >= 0.6 is 11.8 Å². The number of nitrogens with one attached hydrogen (secondary N) is 1. The Hall–Kier alpha value is -1.57. The number of alkyl halides is 2. The molecule has 1 atom stereocenters. The molecule has 0 aliphatic rings. The fourth-order valence-corrected chi connectivity index (χ4v) is 2.10. The lowest BCUT2D eigenvalue weighted by Crippen LogP contribution is -2.29.